The summed E-state index contributed by atoms with van der Waals surface area (Å²) in [5, 5.41) is 9.71. The third kappa shape index (κ3) is 2.91. The highest BCUT2D eigenvalue weighted by atomic mass is 35.5. The molecule has 0 saturated heterocycles. The van der Waals surface area contributed by atoms with E-state index in [1.165, 1.54) is 0 Å². The van der Waals surface area contributed by atoms with Crippen molar-refractivity contribution in [2.45, 2.75) is 13.3 Å². The SMILES string of the molecule is CC(C#N)Cc1ccc(Cl)c(Cl)c1. The van der Waals surface area contributed by atoms with Crippen LogP contribution in [-0.4, -0.2) is 0 Å². The fraction of sp³-hybridized carbons (Fsp3) is 0.300. The first kappa shape index (κ1) is 10.4. The Labute approximate surface area is 87.9 Å². The van der Waals surface area contributed by atoms with Crippen LogP contribution in [0.3, 0.4) is 0 Å². The van der Waals surface area contributed by atoms with Crippen molar-refractivity contribution in [3.63, 3.8) is 0 Å². The highest BCUT2D eigenvalue weighted by Gasteiger charge is 2.03. The second-order valence-corrected chi connectivity index (χ2v) is 3.80. The summed E-state index contributed by atoms with van der Waals surface area (Å²) in [5.74, 6) is 0.0113. The molecular formula is C10H9Cl2N. The molecular weight excluding hydrogens is 205 g/mol. The third-order valence-electron chi connectivity index (χ3n) is 1.75. The Morgan fingerprint density at radius 2 is 2.08 bits per heavy atom. The van der Waals surface area contributed by atoms with Crippen LogP contribution in [0.4, 0.5) is 0 Å². The molecule has 0 aliphatic carbocycles. The quantitative estimate of drug-likeness (QED) is 0.736. The molecule has 1 rings (SSSR count). The van der Waals surface area contributed by atoms with Gasteiger partial charge in [-0.15, -0.1) is 0 Å². The minimum atomic E-state index is 0.0113. The first-order valence-electron chi connectivity index (χ1n) is 3.97. The van der Waals surface area contributed by atoms with Crippen LogP contribution in [0.5, 0.6) is 0 Å². The average molecular weight is 214 g/mol. The van der Waals surface area contributed by atoms with Crippen molar-refractivity contribution in [1.29, 1.82) is 5.26 Å². The van der Waals surface area contributed by atoms with Crippen molar-refractivity contribution >= 4 is 23.2 Å². The standard InChI is InChI=1S/C10H9Cl2N/c1-7(6-13)4-8-2-3-9(11)10(12)5-8/h2-3,5,7H,4H2,1H3. The molecule has 1 atom stereocenters. The number of hydrogen-bond donors (Lipinski definition) is 0. The van der Waals surface area contributed by atoms with E-state index < -0.39 is 0 Å². The Kier molecular flexibility index (Phi) is 3.59. The lowest BCUT2D eigenvalue weighted by atomic mass is 10.0. The van der Waals surface area contributed by atoms with Crippen LogP contribution >= 0.6 is 23.2 Å². The summed E-state index contributed by atoms with van der Waals surface area (Å²) in [6, 6.07) is 7.62. The number of hydrogen-bond acceptors (Lipinski definition) is 1. The predicted octanol–water partition coefficient (Wildman–Crippen LogP) is 3.70. The van der Waals surface area contributed by atoms with Crippen LogP contribution in [0.25, 0.3) is 0 Å². The van der Waals surface area contributed by atoms with Gasteiger partial charge in [-0.1, -0.05) is 29.3 Å². The Morgan fingerprint density at radius 1 is 1.38 bits per heavy atom. The van der Waals surface area contributed by atoms with Gasteiger partial charge in [0.2, 0.25) is 0 Å². The zero-order valence-electron chi connectivity index (χ0n) is 7.22. The van der Waals surface area contributed by atoms with Gasteiger partial charge in [0.25, 0.3) is 0 Å². The maximum atomic E-state index is 8.61. The van der Waals surface area contributed by atoms with E-state index in [2.05, 4.69) is 6.07 Å². The van der Waals surface area contributed by atoms with Gasteiger partial charge in [0.1, 0.15) is 0 Å². The van der Waals surface area contributed by atoms with Crippen molar-refractivity contribution in [2.75, 3.05) is 0 Å². The molecule has 0 N–H and O–H groups in total. The molecule has 0 heterocycles. The first-order chi connectivity index (χ1) is 6.13. The Balaban J connectivity index is 2.81. The number of halogens is 2. The molecule has 1 aromatic rings. The number of benzene rings is 1. The molecule has 3 heteroatoms. The van der Waals surface area contributed by atoms with Crippen molar-refractivity contribution in [3.05, 3.63) is 33.8 Å². The van der Waals surface area contributed by atoms with E-state index in [0.29, 0.717) is 16.5 Å². The highest BCUT2D eigenvalue weighted by molar-refractivity contribution is 6.42. The lowest BCUT2D eigenvalue weighted by molar-refractivity contribution is 0.739. The van der Waals surface area contributed by atoms with Gasteiger partial charge in [-0.25, -0.2) is 0 Å². The van der Waals surface area contributed by atoms with Gasteiger partial charge in [-0.3, -0.25) is 0 Å². The Bertz CT molecular complexity index is 341. The molecule has 68 valence electrons. The third-order valence-corrected chi connectivity index (χ3v) is 2.49. The van der Waals surface area contributed by atoms with Gasteiger partial charge in [0.15, 0.2) is 0 Å². The zero-order chi connectivity index (χ0) is 9.84. The molecule has 13 heavy (non-hydrogen) atoms. The minimum Gasteiger partial charge on any atom is -0.198 e. The molecule has 0 aromatic heterocycles. The summed E-state index contributed by atoms with van der Waals surface area (Å²) in [7, 11) is 0. The smallest absolute Gasteiger partial charge is 0.0656 e. The summed E-state index contributed by atoms with van der Waals surface area (Å²) < 4.78 is 0. The van der Waals surface area contributed by atoms with E-state index in [1.807, 2.05) is 13.0 Å². The van der Waals surface area contributed by atoms with Gasteiger partial charge in [0, 0.05) is 5.92 Å². The number of nitrogens with zero attached hydrogens (tertiary/aromatic N) is 1. The molecule has 1 unspecified atom stereocenters. The number of nitriles is 1. The first-order valence-corrected chi connectivity index (χ1v) is 4.72. The molecule has 0 fully saturated rings. The zero-order valence-corrected chi connectivity index (χ0v) is 8.73. The monoisotopic (exact) mass is 213 g/mol. The van der Waals surface area contributed by atoms with Gasteiger partial charge >= 0.3 is 0 Å². The highest BCUT2D eigenvalue weighted by Crippen LogP contribution is 2.23. The second kappa shape index (κ2) is 4.50. The molecule has 0 aliphatic heterocycles. The Hall–Kier alpha value is -0.710. The fourth-order valence-electron chi connectivity index (χ4n) is 1.07. The van der Waals surface area contributed by atoms with E-state index in [1.54, 1.807) is 12.1 Å². The fourth-order valence-corrected chi connectivity index (χ4v) is 1.39. The van der Waals surface area contributed by atoms with E-state index in [4.69, 9.17) is 28.5 Å². The lowest BCUT2D eigenvalue weighted by Crippen LogP contribution is -1.95. The normalized spacial score (nSPS) is 12.2. The van der Waals surface area contributed by atoms with Crippen LogP contribution in [0, 0.1) is 17.2 Å². The van der Waals surface area contributed by atoms with Gasteiger partial charge < -0.3 is 0 Å². The molecule has 1 aromatic carbocycles. The molecule has 1 nitrogen and oxygen atoms in total. The van der Waals surface area contributed by atoms with Crippen LogP contribution in [0.2, 0.25) is 10.0 Å². The predicted molar refractivity (Wildman–Crippen MR) is 54.9 cm³/mol. The van der Waals surface area contributed by atoms with Crippen LogP contribution in [-0.2, 0) is 6.42 Å². The largest absolute Gasteiger partial charge is 0.198 e. The molecule has 0 bridgehead atoms. The minimum absolute atomic E-state index is 0.0113. The van der Waals surface area contributed by atoms with E-state index in [9.17, 15) is 0 Å². The van der Waals surface area contributed by atoms with E-state index in [0.717, 1.165) is 5.56 Å². The van der Waals surface area contributed by atoms with Crippen LogP contribution < -0.4 is 0 Å². The summed E-state index contributed by atoms with van der Waals surface area (Å²) in [4.78, 5) is 0. The summed E-state index contributed by atoms with van der Waals surface area (Å²) >= 11 is 11.6. The molecule has 0 amide bonds. The lowest BCUT2D eigenvalue weighted by Gasteiger charge is -2.03. The van der Waals surface area contributed by atoms with Gasteiger partial charge in [-0.2, -0.15) is 5.26 Å². The van der Waals surface area contributed by atoms with Crippen molar-refractivity contribution in [3.8, 4) is 6.07 Å². The van der Waals surface area contributed by atoms with Crippen LogP contribution in [0.15, 0.2) is 18.2 Å². The summed E-state index contributed by atoms with van der Waals surface area (Å²) in [6.07, 6.45) is 0.716. The van der Waals surface area contributed by atoms with Crippen LogP contribution in [0.1, 0.15) is 12.5 Å². The van der Waals surface area contributed by atoms with E-state index >= 15 is 0 Å². The average Bonchev–Trinajstić information content (AvgIpc) is 2.11. The van der Waals surface area contributed by atoms with Crippen molar-refractivity contribution in [2.24, 2.45) is 5.92 Å². The maximum Gasteiger partial charge on any atom is 0.0656 e. The molecule has 0 radical (unpaired) electrons. The molecule has 0 aliphatic rings. The van der Waals surface area contributed by atoms with Crippen molar-refractivity contribution < 1.29 is 0 Å². The van der Waals surface area contributed by atoms with Gasteiger partial charge in [0.05, 0.1) is 16.1 Å². The maximum absolute atomic E-state index is 8.61. The second-order valence-electron chi connectivity index (χ2n) is 2.98. The Morgan fingerprint density at radius 3 is 2.62 bits per heavy atom. The van der Waals surface area contributed by atoms with E-state index in [-0.39, 0.29) is 5.92 Å². The molecule has 0 spiro atoms. The summed E-state index contributed by atoms with van der Waals surface area (Å²) in [6.45, 7) is 1.88. The molecule has 0 saturated carbocycles. The van der Waals surface area contributed by atoms with Crippen molar-refractivity contribution in [1.82, 2.24) is 0 Å². The topological polar surface area (TPSA) is 23.8 Å². The van der Waals surface area contributed by atoms with Gasteiger partial charge in [-0.05, 0) is 31.0 Å². The summed E-state index contributed by atoms with van der Waals surface area (Å²) in [5.41, 5.74) is 1.04. The number of rotatable bonds is 2.